The summed E-state index contributed by atoms with van der Waals surface area (Å²) >= 11 is 1.92. The first-order valence-electron chi connectivity index (χ1n) is 6.56. The van der Waals surface area contributed by atoms with Gasteiger partial charge in [-0.25, -0.2) is 4.68 Å². The third-order valence-corrected chi connectivity index (χ3v) is 3.37. The van der Waals surface area contributed by atoms with Gasteiger partial charge in [0.25, 0.3) is 0 Å². The number of aliphatic hydroxyl groups excluding tert-OH is 1. The van der Waals surface area contributed by atoms with Crippen LogP contribution >= 0.6 is 11.8 Å². The van der Waals surface area contributed by atoms with Crippen LogP contribution in [0, 0.1) is 0 Å². The molecule has 0 aliphatic carbocycles. The molecule has 1 rings (SSSR count). The molecule has 18 heavy (non-hydrogen) atoms. The van der Waals surface area contributed by atoms with Crippen molar-refractivity contribution >= 4 is 11.8 Å². The minimum absolute atomic E-state index is 0.103. The maximum absolute atomic E-state index is 8.76. The molecule has 0 aliphatic rings. The lowest BCUT2D eigenvalue weighted by Crippen LogP contribution is -2.14. The van der Waals surface area contributed by atoms with E-state index in [0.29, 0.717) is 6.54 Å². The second kappa shape index (κ2) is 10.3. The highest BCUT2D eigenvalue weighted by molar-refractivity contribution is 7.98. The van der Waals surface area contributed by atoms with E-state index in [4.69, 9.17) is 5.11 Å². The quantitative estimate of drug-likeness (QED) is 0.594. The average molecular weight is 272 g/mol. The van der Waals surface area contributed by atoms with Gasteiger partial charge in [-0.15, -0.1) is 5.10 Å². The van der Waals surface area contributed by atoms with Gasteiger partial charge in [-0.2, -0.15) is 11.8 Å². The normalized spacial score (nSPS) is 11.0. The zero-order valence-corrected chi connectivity index (χ0v) is 12.0. The van der Waals surface area contributed by atoms with Gasteiger partial charge >= 0.3 is 0 Å². The van der Waals surface area contributed by atoms with Crippen LogP contribution in [0.4, 0.5) is 0 Å². The van der Waals surface area contributed by atoms with Crippen molar-refractivity contribution in [3.05, 3.63) is 11.9 Å². The molecule has 0 fully saturated rings. The first-order chi connectivity index (χ1) is 8.86. The summed E-state index contributed by atoms with van der Waals surface area (Å²) in [5.41, 5.74) is 0.936. The summed E-state index contributed by atoms with van der Waals surface area (Å²) in [7, 11) is 0. The second-order valence-electron chi connectivity index (χ2n) is 4.28. The molecule has 0 saturated carbocycles. The Morgan fingerprint density at radius 2 is 2.17 bits per heavy atom. The van der Waals surface area contributed by atoms with Crippen molar-refractivity contribution in [1.82, 2.24) is 20.3 Å². The Morgan fingerprint density at radius 1 is 1.33 bits per heavy atom. The highest BCUT2D eigenvalue weighted by atomic mass is 32.2. The van der Waals surface area contributed by atoms with Crippen molar-refractivity contribution in [1.29, 1.82) is 0 Å². The number of hydrogen-bond acceptors (Lipinski definition) is 5. The van der Waals surface area contributed by atoms with Gasteiger partial charge in [0.05, 0.1) is 18.8 Å². The van der Waals surface area contributed by atoms with E-state index in [9.17, 15) is 0 Å². The molecule has 0 atom stereocenters. The number of rotatable bonds is 11. The number of nitrogens with zero attached hydrogens (tertiary/aromatic N) is 3. The molecule has 0 radical (unpaired) electrons. The summed E-state index contributed by atoms with van der Waals surface area (Å²) in [6.45, 7) is 2.41. The van der Waals surface area contributed by atoms with Crippen molar-refractivity contribution in [3.8, 4) is 0 Å². The third kappa shape index (κ3) is 6.98. The van der Waals surface area contributed by atoms with E-state index in [1.165, 1.54) is 31.4 Å². The molecule has 5 nitrogen and oxygen atoms in total. The highest BCUT2D eigenvalue weighted by Gasteiger charge is 1.99. The molecule has 1 aromatic heterocycles. The Morgan fingerprint density at radius 3 is 2.94 bits per heavy atom. The molecule has 0 spiro atoms. The lowest BCUT2D eigenvalue weighted by Gasteiger charge is -2.02. The molecular formula is C12H24N4OS. The Bertz CT molecular complexity index is 306. The summed E-state index contributed by atoms with van der Waals surface area (Å²) in [6, 6.07) is 0. The first-order valence-corrected chi connectivity index (χ1v) is 7.95. The van der Waals surface area contributed by atoms with Crippen molar-refractivity contribution < 1.29 is 5.11 Å². The molecule has 6 heteroatoms. The van der Waals surface area contributed by atoms with Crippen molar-refractivity contribution in [2.24, 2.45) is 0 Å². The number of hydrogen-bond donors (Lipinski definition) is 2. The maximum Gasteiger partial charge on any atom is 0.0964 e. The van der Waals surface area contributed by atoms with Crippen LogP contribution in [0.15, 0.2) is 6.20 Å². The summed E-state index contributed by atoms with van der Waals surface area (Å²) in [5, 5.41) is 20.1. The molecule has 1 aromatic rings. The second-order valence-corrected chi connectivity index (χ2v) is 5.27. The van der Waals surface area contributed by atoms with Crippen LogP contribution in [-0.2, 0) is 13.1 Å². The number of unbranched alkanes of at least 4 members (excludes halogenated alkanes) is 3. The lowest BCUT2D eigenvalue weighted by molar-refractivity contribution is 0.268. The fourth-order valence-corrected chi connectivity index (χ4v) is 2.19. The Kier molecular flexibility index (Phi) is 8.89. The monoisotopic (exact) mass is 272 g/mol. The minimum atomic E-state index is 0.103. The van der Waals surface area contributed by atoms with Crippen LogP contribution in [0.2, 0.25) is 0 Å². The minimum Gasteiger partial charge on any atom is -0.394 e. The SMILES string of the molecule is CSCCCCCCNCc1cn(CCO)nn1. The maximum atomic E-state index is 8.76. The summed E-state index contributed by atoms with van der Waals surface area (Å²) in [4.78, 5) is 0. The zero-order chi connectivity index (χ0) is 13.1. The number of aliphatic hydroxyl groups is 1. The van der Waals surface area contributed by atoms with Gasteiger partial charge in [-0.3, -0.25) is 0 Å². The molecule has 0 saturated heterocycles. The predicted molar refractivity (Wildman–Crippen MR) is 75.7 cm³/mol. The molecule has 0 amide bonds. The Labute approximate surface area is 113 Å². The van der Waals surface area contributed by atoms with Crippen molar-refractivity contribution in [2.75, 3.05) is 25.2 Å². The molecule has 104 valence electrons. The topological polar surface area (TPSA) is 63.0 Å². The largest absolute Gasteiger partial charge is 0.394 e. The Balaban J connectivity index is 1.96. The number of aromatic nitrogens is 3. The summed E-state index contributed by atoms with van der Waals surface area (Å²) in [6.07, 6.45) is 9.21. The molecule has 0 bridgehead atoms. The van der Waals surface area contributed by atoms with Gasteiger partial charge < -0.3 is 10.4 Å². The Hall–Kier alpha value is -0.590. The summed E-state index contributed by atoms with van der Waals surface area (Å²) in [5.74, 6) is 1.28. The molecule has 0 aliphatic heterocycles. The van der Waals surface area contributed by atoms with Crippen molar-refractivity contribution in [3.63, 3.8) is 0 Å². The molecule has 2 N–H and O–H groups in total. The number of nitrogens with one attached hydrogen (secondary N) is 1. The van der Waals surface area contributed by atoms with Crippen LogP contribution in [0.1, 0.15) is 31.4 Å². The van der Waals surface area contributed by atoms with Crippen LogP contribution in [0.3, 0.4) is 0 Å². The molecular weight excluding hydrogens is 248 g/mol. The van der Waals surface area contributed by atoms with E-state index in [2.05, 4.69) is 21.9 Å². The van der Waals surface area contributed by atoms with Crippen molar-refractivity contribution in [2.45, 2.75) is 38.8 Å². The van der Waals surface area contributed by atoms with Crippen LogP contribution in [-0.4, -0.2) is 45.3 Å². The zero-order valence-electron chi connectivity index (χ0n) is 11.1. The predicted octanol–water partition coefficient (Wildman–Crippen LogP) is 1.28. The lowest BCUT2D eigenvalue weighted by atomic mass is 10.2. The van der Waals surface area contributed by atoms with E-state index in [1.807, 2.05) is 18.0 Å². The summed E-state index contributed by atoms with van der Waals surface area (Å²) < 4.78 is 1.67. The fraction of sp³-hybridized carbons (Fsp3) is 0.833. The van der Waals surface area contributed by atoms with E-state index < -0.39 is 0 Å². The van der Waals surface area contributed by atoms with Gasteiger partial charge in [-0.1, -0.05) is 18.1 Å². The van der Waals surface area contributed by atoms with Gasteiger partial charge in [0.2, 0.25) is 0 Å². The molecule has 0 aromatic carbocycles. The van der Waals surface area contributed by atoms with Gasteiger partial charge in [-0.05, 0) is 31.4 Å². The average Bonchev–Trinajstić information content (AvgIpc) is 2.81. The number of thioether (sulfide) groups is 1. The fourth-order valence-electron chi connectivity index (χ4n) is 1.70. The van der Waals surface area contributed by atoms with Gasteiger partial charge in [0.15, 0.2) is 0 Å². The van der Waals surface area contributed by atoms with E-state index in [0.717, 1.165) is 18.8 Å². The van der Waals surface area contributed by atoms with E-state index in [-0.39, 0.29) is 6.61 Å². The highest BCUT2D eigenvalue weighted by Crippen LogP contribution is 2.04. The van der Waals surface area contributed by atoms with Gasteiger partial charge in [0.1, 0.15) is 0 Å². The van der Waals surface area contributed by atoms with Gasteiger partial charge in [0, 0.05) is 12.7 Å². The van der Waals surface area contributed by atoms with Crippen LogP contribution in [0.25, 0.3) is 0 Å². The third-order valence-electron chi connectivity index (χ3n) is 2.67. The molecule has 1 heterocycles. The standard InChI is InChI=1S/C12H24N4OS/c1-18-9-5-3-2-4-6-13-10-12-11-16(7-8-17)15-14-12/h11,13,17H,2-10H2,1H3. The molecule has 0 unspecified atom stereocenters. The van der Waals surface area contributed by atoms with E-state index in [1.54, 1.807) is 4.68 Å². The van der Waals surface area contributed by atoms with Crippen LogP contribution < -0.4 is 5.32 Å². The first kappa shape index (κ1) is 15.5. The smallest absolute Gasteiger partial charge is 0.0964 e. The van der Waals surface area contributed by atoms with E-state index >= 15 is 0 Å². The van der Waals surface area contributed by atoms with Crippen LogP contribution in [0.5, 0.6) is 0 Å².